The SMILES string of the molecule is F[C@@H]1CN(Cc2ccc3c(c2)OCO3)C[C@@H]1OCc1nc2ncccc2[nH]1. The van der Waals surface area contributed by atoms with Crippen molar-refractivity contribution in [3.05, 3.63) is 47.9 Å². The number of nitrogens with one attached hydrogen (secondary N) is 1. The zero-order valence-electron chi connectivity index (χ0n) is 14.6. The molecule has 0 aliphatic carbocycles. The lowest BCUT2D eigenvalue weighted by molar-refractivity contribution is 0.00863. The molecule has 0 radical (unpaired) electrons. The topological polar surface area (TPSA) is 72.5 Å². The molecular weight excluding hydrogens is 351 g/mol. The molecule has 2 aliphatic rings. The summed E-state index contributed by atoms with van der Waals surface area (Å²) in [6, 6.07) is 9.57. The first-order chi connectivity index (χ1) is 13.2. The second kappa shape index (κ2) is 6.79. The number of nitrogens with zero attached hydrogens (tertiary/aromatic N) is 3. The number of benzene rings is 1. The number of likely N-dealkylation sites (tertiary alicyclic amines) is 1. The van der Waals surface area contributed by atoms with Crippen LogP contribution in [0.1, 0.15) is 11.4 Å². The van der Waals surface area contributed by atoms with Crippen molar-refractivity contribution in [1.82, 2.24) is 19.9 Å². The standard InChI is InChI=1S/C19H19FN4O3/c20-13-8-24(7-12-3-4-15-16(6-12)27-11-26-15)9-17(13)25-10-18-22-14-2-1-5-21-19(14)23-18/h1-6,13,17H,7-11H2,(H,21,22,23)/t13-,17+/m1/s1. The smallest absolute Gasteiger partial charge is 0.231 e. The van der Waals surface area contributed by atoms with Crippen molar-refractivity contribution in [2.75, 3.05) is 19.9 Å². The fourth-order valence-corrected chi connectivity index (χ4v) is 3.54. The van der Waals surface area contributed by atoms with Crippen LogP contribution in [0.15, 0.2) is 36.5 Å². The van der Waals surface area contributed by atoms with Gasteiger partial charge in [0.05, 0.1) is 5.52 Å². The molecule has 1 fully saturated rings. The van der Waals surface area contributed by atoms with Crippen LogP contribution in [-0.4, -0.2) is 52.0 Å². The molecule has 1 saturated heterocycles. The summed E-state index contributed by atoms with van der Waals surface area (Å²) in [5.74, 6) is 2.16. The number of alkyl halides is 1. The van der Waals surface area contributed by atoms with E-state index in [0.29, 0.717) is 31.1 Å². The van der Waals surface area contributed by atoms with Crippen LogP contribution in [-0.2, 0) is 17.9 Å². The van der Waals surface area contributed by atoms with Gasteiger partial charge in [-0.3, -0.25) is 4.90 Å². The van der Waals surface area contributed by atoms with E-state index in [1.165, 1.54) is 0 Å². The van der Waals surface area contributed by atoms with Gasteiger partial charge in [-0.05, 0) is 29.8 Å². The Balaban J connectivity index is 1.19. The molecule has 0 bridgehead atoms. The number of hydrogen-bond donors (Lipinski definition) is 1. The molecule has 3 aromatic rings. The number of fused-ring (bicyclic) bond motifs is 2. The summed E-state index contributed by atoms with van der Waals surface area (Å²) in [5, 5.41) is 0. The van der Waals surface area contributed by atoms with E-state index < -0.39 is 12.3 Å². The number of hydrogen-bond acceptors (Lipinski definition) is 6. The molecule has 7 nitrogen and oxygen atoms in total. The predicted molar refractivity (Wildman–Crippen MR) is 95.2 cm³/mol. The number of rotatable bonds is 5. The molecule has 2 atom stereocenters. The second-order valence-electron chi connectivity index (χ2n) is 6.81. The molecule has 27 heavy (non-hydrogen) atoms. The minimum absolute atomic E-state index is 0.235. The van der Waals surface area contributed by atoms with Crippen LogP contribution in [0, 0.1) is 0 Å². The third kappa shape index (κ3) is 3.33. The second-order valence-corrected chi connectivity index (χ2v) is 6.81. The molecule has 2 aromatic heterocycles. The van der Waals surface area contributed by atoms with Crippen molar-refractivity contribution in [3.8, 4) is 11.5 Å². The maximum Gasteiger partial charge on any atom is 0.231 e. The van der Waals surface area contributed by atoms with Gasteiger partial charge in [0.2, 0.25) is 6.79 Å². The maximum atomic E-state index is 14.4. The first kappa shape index (κ1) is 16.5. The van der Waals surface area contributed by atoms with Gasteiger partial charge in [0.1, 0.15) is 24.7 Å². The summed E-state index contributed by atoms with van der Waals surface area (Å²) < 4.78 is 30.9. The molecule has 140 valence electrons. The summed E-state index contributed by atoms with van der Waals surface area (Å²) in [7, 11) is 0. The summed E-state index contributed by atoms with van der Waals surface area (Å²) in [6.45, 7) is 2.02. The normalized spacial score (nSPS) is 22.0. The number of ether oxygens (including phenoxy) is 3. The van der Waals surface area contributed by atoms with Crippen LogP contribution in [0.3, 0.4) is 0 Å². The molecule has 2 aliphatic heterocycles. The Hall–Kier alpha value is -2.71. The average molecular weight is 370 g/mol. The predicted octanol–water partition coefficient (Wildman–Crippen LogP) is 2.43. The molecule has 1 aromatic carbocycles. The van der Waals surface area contributed by atoms with Crippen LogP contribution >= 0.6 is 0 Å². The fourth-order valence-electron chi connectivity index (χ4n) is 3.54. The number of aromatic nitrogens is 3. The van der Waals surface area contributed by atoms with E-state index in [-0.39, 0.29) is 13.4 Å². The molecule has 0 saturated carbocycles. The van der Waals surface area contributed by atoms with Crippen molar-refractivity contribution >= 4 is 11.2 Å². The van der Waals surface area contributed by atoms with Crippen molar-refractivity contribution in [2.24, 2.45) is 0 Å². The van der Waals surface area contributed by atoms with E-state index in [0.717, 1.165) is 22.6 Å². The lowest BCUT2D eigenvalue weighted by Crippen LogP contribution is -2.24. The van der Waals surface area contributed by atoms with E-state index in [1.807, 2.05) is 35.2 Å². The van der Waals surface area contributed by atoms with Crippen LogP contribution in [0.4, 0.5) is 4.39 Å². The van der Waals surface area contributed by atoms with E-state index in [9.17, 15) is 4.39 Å². The van der Waals surface area contributed by atoms with E-state index in [2.05, 4.69) is 15.0 Å². The Bertz CT molecular complexity index is 930. The van der Waals surface area contributed by atoms with Crippen molar-refractivity contribution in [2.45, 2.75) is 25.4 Å². The first-order valence-electron chi connectivity index (χ1n) is 8.91. The van der Waals surface area contributed by atoms with Gasteiger partial charge in [0.25, 0.3) is 0 Å². The summed E-state index contributed by atoms with van der Waals surface area (Å²) >= 11 is 0. The Kier molecular flexibility index (Phi) is 4.14. The molecule has 8 heteroatoms. The average Bonchev–Trinajstić information content (AvgIpc) is 3.37. The fraction of sp³-hybridized carbons (Fsp3) is 0.368. The first-order valence-corrected chi connectivity index (χ1v) is 8.91. The van der Waals surface area contributed by atoms with Gasteiger partial charge in [-0.15, -0.1) is 0 Å². The molecule has 0 unspecified atom stereocenters. The number of imidazole rings is 1. The maximum absolute atomic E-state index is 14.4. The highest BCUT2D eigenvalue weighted by atomic mass is 19.1. The van der Waals surface area contributed by atoms with E-state index >= 15 is 0 Å². The Morgan fingerprint density at radius 1 is 1.22 bits per heavy atom. The Labute approximate surface area is 155 Å². The third-order valence-corrected chi connectivity index (χ3v) is 4.86. The quantitative estimate of drug-likeness (QED) is 0.744. The zero-order valence-corrected chi connectivity index (χ0v) is 14.6. The highest BCUT2D eigenvalue weighted by Gasteiger charge is 2.34. The van der Waals surface area contributed by atoms with Gasteiger partial charge in [-0.25, -0.2) is 14.4 Å². The number of aromatic amines is 1. The molecule has 0 spiro atoms. The number of H-pyrrole nitrogens is 1. The minimum atomic E-state index is -1.03. The van der Waals surface area contributed by atoms with Crippen molar-refractivity contribution in [3.63, 3.8) is 0 Å². The minimum Gasteiger partial charge on any atom is -0.454 e. The largest absolute Gasteiger partial charge is 0.454 e. The van der Waals surface area contributed by atoms with Crippen LogP contribution in [0.25, 0.3) is 11.2 Å². The van der Waals surface area contributed by atoms with Crippen LogP contribution in [0.2, 0.25) is 0 Å². The van der Waals surface area contributed by atoms with Gasteiger partial charge in [-0.1, -0.05) is 6.07 Å². The monoisotopic (exact) mass is 370 g/mol. The van der Waals surface area contributed by atoms with Crippen LogP contribution < -0.4 is 9.47 Å². The lowest BCUT2D eigenvalue weighted by atomic mass is 10.2. The summed E-state index contributed by atoms with van der Waals surface area (Å²) in [4.78, 5) is 13.7. The van der Waals surface area contributed by atoms with Gasteiger partial charge in [0, 0.05) is 25.8 Å². The molecule has 1 N–H and O–H groups in total. The number of pyridine rings is 1. The molecule has 4 heterocycles. The van der Waals surface area contributed by atoms with Crippen LogP contribution in [0.5, 0.6) is 11.5 Å². The van der Waals surface area contributed by atoms with Gasteiger partial charge < -0.3 is 19.2 Å². The lowest BCUT2D eigenvalue weighted by Gasteiger charge is -2.16. The van der Waals surface area contributed by atoms with Gasteiger partial charge in [-0.2, -0.15) is 0 Å². The molecular formula is C19H19FN4O3. The molecule has 5 rings (SSSR count). The van der Waals surface area contributed by atoms with Crippen molar-refractivity contribution in [1.29, 1.82) is 0 Å². The highest BCUT2D eigenvalue weighted by molar-refractivity contribution is 5.69. The molecule has 0 amide bonds. The third-order valence-electron chi connectivity index (χ3n) is 4.86. The summed E-state index contributed by atoms with van der Waals surface area (Å²) in [6.07, 6.45) is 0.192. The van der Waals surface area contributed by atoms with Crippen molar-refractivity contribution < 1.29 is 18.6 Å². The van der Waals surface area contributed by atoms with Gasteiger partial charge in [0.15, 0.2) is 17.1 Å². The number of halogens is 1. The van der Waals surface area contributed by atoms with E-state index in [4.69, 9.17) is 14.2 Å². The Morgan fingerprint density at radius 3 is 3.07 bits per heavy atom. The zero-order chi connectivity index (χ0) is 18.2. The highest BCUT2D eigenvalue weighted by Crippen LogP contribution is 2.33. The Morgan fingerprint density at radius 2 is 2.15 bits per heavy atom. The summed E-state index contributed by atoms with van der Waals surface area (Å²) in [5.41, 5.74) is 2.56. The van der Waals surface area contributed by atoms with Gasteiger partial charge >= 0.3 is 0 Å². The van der Waals surface area contributed by atoms with E-state index in [1.54, 1.807) is 6.20 Å².